The molecule has 1 aliphatic heterocycles. The van der Waals surface area contributed by atoms with Gasteiger partial charge < -0.3 is 9.47 Å². The van der Waals surface area contributed by atoms with Gasteiger partial charge in [0.2, 0.25) is 0 Å². The van der Waals surface area contributed by atoms with Crippen LogP contribution in [-0.4, -0.2) is 22.3 Å². The molecular formula is C21H15FN2O3S. The molecule has 5 nitrogen and oxygen atoms in total. The summed E-state index contributed by atoms with van der Waals surface area (Å²) in [6.07, 6.45) is 1.25. The van der Waals surface area contributed by atoms with Gasteiger partial charge in [-0.25, -0.2) is 9.37 Å². The predicted molar refractivity (Wildman–Crippen MR) is 106 cm³/mol. The first-order valence-electron chi connectivity index (χ1n) is 8.80. The molecule has 0 amide bonds. The fourth-order valence-electron chi connectivity index (χ4n) is 3.31. The third-order valence-electron chi connectivity index (χ3n) is 4.68. The molecule has 1 aliphatic rings. The Hall–Kier alpha value is -3.19. The highest BCUT2D eigenvalue weighted by Gasteiger charge is 2.22. The number of fused-ring (bicyclic) bond motifs is 2. The van der Waals surface area contributed by atoms with Gasteiger partial charge in [-0.15, -0.1) is 11.3 Å². The van der Waals surface area contributed by atoms with E-state index in [1.165, 1.54) is 23.5 Å². The van der Waals surface area contributed by atoms with Crippen LogP contribution in [-0.2, 0) is 6.54 Å². The van der Waals surface area contributed by atoms with Crippen LogP contribution in [0, 0.1) is 5.82 Å². The van der Waals surface area contributed by atoms with Gasteiger partial charge in [0.1, 0.15) is 17.3 Å². The van der Waals surface area contributed by atoms with Crippen LogP contribution in [0.2, 0.25) is 0 Å². The van der Waals surface area contributed by atoms with Crippen molar-refractivity contribution in [2.45, 2.75) is 12.6 Å². The molecule has 1 atom stereocenters. The zero-order valence-corrected chi connectivity index (χ0v) is 15.5. The van der Waals surface area contributed by atoms with E-state index in [9.17, 15) is 9.18 Å². The molecule has 0 saturated carbocycles. The Labute approximate surface area is 163 Å². The van der Waals surface area contributed by atoms with Gasteiger partial charge in [0.05, 0.1) is 18.3 Å². The zero-order chi connectivity index (χ0) is 19.1. The second-order valence-electron chi connectivity index (χ2n) is 6.54. The maximum atomic E-state index is 13.3. The van der Waals surface area contributed by atoms with Crippen molar-refractivity contribution in [3.05, 3.63) is 76.4 Å². The van der Waals surface area contributed by atoms with Gasteiger partial charge in [0, 0.05) is 10.9 Å². The average Bonchev–Trinajstić information content (AvgIpc) is 3.15. The van der Waals surface area contributed by atoms with Gasteiger partial charge in [-0.2, -0.15) is 0 Å². The van der Waals surface area contributed by atoms with Crippen LogP contribution in [0.4, 0.5) is 4.39 Å². The third kappa shape index (κ3) is 2.93. The lowest BCUT2D eigenvalue weighted by Crippen LogP contribution is -2.36. The Morgan fingerprint density at radius 2 is 1.93 bits per heavy atom. The summed E-state index contributed by atoms with van der Waals surface area (Å²) in [4.78, 5) is 18.2. The van der Waals surface area contributed by atoms with E-state index < -0.39 is 0 Å². The number of ether oxygens (including phenoxy) is 2. The Balaban J connectivity index is 1.49. The van der Waals surface area contributed by atoms with Crippen LogP contribution in [0.5, 0.6) is 11.5 Å². The number of benzene rings is 2. The zero-order valence-electron chi connectivity index (χ0n) is 14.7. The van der Waals surface area contributed by atoms with E-state index >= 15 is 0 Å². The lowest BCUT2D eigenvalue weighted by molar-refractivity contribution is 0.0777. The number of thiophene rings is 1. The van der Waals surface area contributed by atoms with Crippen LogP contribution >= 0.6 is 11.3 Å². The number of halogens is 1. The van der Waals surface area contributed by atoms with E-state index in [2.05, 4.69) is 4.98 Å². The number of rotatable bonds is 3. The third-order valence-corrected chi connectivity index (χ3v) is 5.57. The summed E-state index contributed by atoms with van der Waals surface area (Å²) in [5.74, 6) is 1.06. The first kappa shape index (κ1) is 16.9. The van der Waals surface area contributed by atoms with Crippen LogP contribution < -0.4 is 15.0 Å². The van der Waals surface area contributed by atoms with E-state index in [1.54, 1.807) is 23.0 Å². The molecule has 0 saturated heterocycles. The first-order valence-corrected chi connectivity index (χ1v) is 9.68. The summed E-state index contributed by atoms with van der Waals surface area (Å²) >= 11 is 1.40. The predicted octanol–water partition coefficient (Wildman–Crippen LogP) is 4.10. The fourth-order valence-corrected chi connectivity index (χ4v) is 4.22. The minimum absolute atomic E-state index is 0.145. The molecule has 0 spiro atoms. The van der Waals surface area contributed by atoms with Gasteiger partial charge in [-0.05, 0) is 29.8 Å². The lowest BCUT2D eigenvalue weighted by atomic mass is 10.1. The number of nitrogens with zero attached hydrogens (tertiary/aromatic N) is 2. The maximum Gasteiger partial charge on any atom is 0.262 e. The number of aromatic nitrogens is 2. The second kappa shape index (κ2) is 6.76. The molecule has 140 valence electrons. The molecule has 7 heteroatoms. The Kier molecular flexibility index (Phi) is 4.09. The molecule has 0 radical (unpaired) electrons. The molecule has 0 N–H and O–H groups in total. The average molecular weight is 394 g/mol. The maximum absolute atomic E-state index is 13.3. The summed E-state index contributed by atoms with van der Waals surface area (Å²) < 4.78 is 26.5. The standard InChI is InChI=1S/C21H15FN2O3S/c22-14-7-5-13(6-8-14)16-11-28-20-19(16)21(25)24(12-23-20)9-15-10-26-17-3-1-2-4-18(17)27-15/h1-8,11-12,15H,9-10H2/t15-/m1/s1. The number of hydrogen-bond donors (Lipinski definition) is 0. The van der Waals surface area contributed by atoms with Gasteiger partial charge in [-0.3, -0.25) is 9.36 Å². The van der Waals surface area contributed by atoms with E-state index in [0.29, 0.717) is 34.9 Å². The highest BCUT2D eigenvalue weighted by molar-refractivity contribution is 7.17. The van der Waals surface area contributed by atoms with Crippen LogP contribution in [0.25, 0.3) is 21.3 Å². The smallest absolute Gasteiger partial charge is 0.262 e. The van der Waals surface area contributed by atoms with E-state index in [4.69, 9.17) is 9.47 Å². The summed E-state index contributed by atoms with van der Waals surface area (Å²) in [5.41, 5.74) is 1.40. The number of para-hydroxylation sites is 2. The Morgan fingerprint density at radius 1 is 1.14 bits per heavy atom. The molecule has 0 unspecified atom stereocenters. The van der Waals surface area contributed by atoms with E-state index in [-0.39, 0.29) is 17.5 Å². The molecule has 0 bridgehead atoms. The van der Waals surface area contributed by atoms with Crippen LogP contribution in [0.15, 0.2) is 65.0 Å². The molecular weight excluding hydrogens is 379 g/mol. The SMILES string of the molecule is O=c1c2c(-c3ccc(F)cc3)csc2ncn1C[C@@H]1COc2ccccc2O1. The van der Waals surface area contributed by atoms with Crippen molar-refractivity contribution in [1.82, 2.24) is 9.55 Å². The van der Waals surface area contributed by atoms with Crippen molar-refractivity contribution in [2.24, 2.45) is 0 Å². The van der Waals surface area contributed by atoms with Gasteiger partial charge in [0.25, 0.3) is 5.56 Å². The number of hydrogen-bond acceptors (Lipinski definition) is 5. The van der Waals surface area contributed by atoms with Crippen LogP contribution in [0.1, 0.15) is 0 Å². The topological polar surface area (TPSA) is 53.4 Å². The highest BCUT2D eigenvalue weighted by atomic mass is 32.1. The molecule has 0 fully saturated rings. The molecule has 2 aromatic carbocycles. The molecule has 28 heavy (non-hydrogen) atoms. The summed E-state index contributed by atoms with van der Waals surface area (Å²) in [5, 5.41) is 2.42. The first-order chi connectivity index (χ1) is 13.7. The minimum Gasteiger partial charge on any atom is -0.486 e. The minimum atomic E-state index is -0.312. The Morgan fingerprint density at radius 3 is 2.75 bits per heavy atom. The van der Waals surface area contributed by atoms with Crippen molar-refractivity contribution >= 4 is 21.6 Å². The van der Waals surface area contributed by atoms with Crippen molar-refractivity contribution in [3.63, 3.8) is 0 Å². The molecule has 2 aromatic heterocycles. The largest absolute Gasteiger partial charge is 0.486 e. The van der Waals surface area contributed by atoms with Crippen molar-refractivity contribution in [2.75, 3.05) is 6.61 Å². The fraction of sp³-hybridized carbons (Fsp3) is 0.143. The van der Waals surface area contributed by atoms with Crippen molar-refractivity contribution in [1.29, 1.82) is 0 Å². The molecule has 3 heterocycles. The monoisotopic (exact) mass is 394 g/mol. The quantitative estimate of drug-likeness (QED) is 0.525. The van der Waals surface area contributed by atoms with Crippen molar-refractivity contribution < 1.29 is 13.9 Å². The van der Waals surface area contributed by atoms with Crippen molar-refractivity contribution in [3.8, 4) is 22.6 Å². The molecule has 5 rings (SSSR count). The second-order valence-corrected chi connectivity index (χ2v) is 7.39. The Bertz CT molecular complexity index is 1220. The molecule has 0 aliphatic carbocycles. The summed E-state index contributed by atoms with van der Waals surface area (Å²) in [6.45, 7) is 0.685. The van der Waals surface area contributed by atoms with Crippen LogP contribution in [0.3, 0.4) is 0 Å². The summed E-state index contributed by atoms with van der Waals surface area (Å²) in [6, 6.07) is 13.6. The van der Waals surface area contributed by atoms with Gasteiger partial charge >= 0.3 is 0 Å². The molecule has 4 aromatic rings. The van der Waals surface area contributed by atoms with Gasteiger partial charge in [-0.1, -0.05) is 24.3 Å². The summed E-state index contributed by atoms with van der Waals surface area (Å²) in [7, 11) is 0. The lowest BCUT2D eigenvalue weighted by Gasteiger charge is -2.26. The van der Waals surface area contributed by atoms with E-state index in [0.717, 1.165) is 11.1 Å². The normalized spacial score (nSPS) is 15.7. The van der Waals surface area contributed by atoms with E-state index in [1.807, 2.05) is 29.6 Å². The highest BCUT2D eigenvalue weighted by Crippen LogP contribution is 2.32. The van der Waals surface area contributed by atoms with Gasteiger partial charge in [0.15, 0.2) is 17.6 Å².